The molecule has 0 aliphatic carbocycles. The standard InChI is InChI=1S/C12H16O8/c1-17-9(13)5-7(11(15)19-3)8(12(16)20-4)6-10(14)18-2/h5-6H2,1-4H3/b8-7-. The summed E-state index contributed by atoms with van der Waals surface area (Å²) in [7, 11) is 4.39. The molecule has 0 radical (unpaired) electrons. The molecule has 8 heteroatoms. The van der Waals surface area contributed by atoms with Crippen LogP contribution in [0.5, 0.6) is 0 Å². The second-order valence-corrected chi connectivity index (χ2v) is 3.45. The molecule has 0 N–H and O–H groups in total. The van der Waals surface area contributed by atoms with Gasteiger partial charge in [-0.15, -0.1) is 0 Å². The van der Waals surface area contributed by atoms with E-state index in [9.17, 15) is 19.2 Å². The van der Waals surface area contributed by atoms with Crippen LogP contribution >= 0.6 is 0 Å². The quantitative estimate of drug-likeness (QED) is 0.374. The van der Waals surface area contributed by atoms with Crippen molar-refractivity contribution in [2.24, 2.45) is 0 Å². The molecule has 0 spiro atoms. The van der Waals surface area contributed by atoms with Gasteiger partial charge in [0, 0.05) is 0 Å². The van der Waals surface area contributed by atoms with Gasteiger partial charge in [-0.25, -0.2) is 9.59 Å². The van der Waals surface area contributed by atoms with Crippen molar-refractivity contribution < 1.29 is 38.1 Å². The summed E-state index contributed by atoms with van der Waals surface area (Å²) in [6.07, 6.45) is -1.05. The number of methoxy groups -OCH3 is 4. The maximum absolute atomic E-state index is 11.6. The van der Waals surface area contributed by atoms with Gasteiger partial charge in [0.2, 0.25) is 0 Å². The zero-order valence-corrected chi connectivity index (χ0v) is 11.7. The normalized spacial score (nSPS) is 11.0. The molecule has 0 amide bonds. The monoisotopic (exact) mass is 288 g/mol. The number of hydrogen-bond acceptors (Lipinski definition) is 8. The molecule has 0 fully saturated rings. The van der Waals surface area contributed by atoms with Crippen LogP contribution in [0.15, 0.2) is 11.1 Å². The third-order valence-electron chi connectivity index (χ3n) is 2.33. The minimum absolute atomic E-state index is 0.309. The summed E-state index contributed by atoms with van der Waals surface area (Å²) in [5.41, 5.74) is -0.617. The lowest BCUT2D eigenvalue weighted by atomic mass is 10.0. The van der Waals surface area contributed by atoms with Crippen molar-refractivity contribution in [2.45, 2.75) is 12.8 Å². The molecular formula is C12H16O8. The molecule has 0 aromatic rings. The van der Waals surface area contributed by atoms with Crippen LogP contribution in [0, 0.1) is 0 Å². The molecule has 0 unspecified atom stereocenters. The number of ether oxygens (including phenoxy) is 4. The van der Waals surface area contributed by atoms with E-state index in [0.29, 0.717) is 0 Å². The predicted molar refractivity (Wildman–Crippen MR) is 64.3 cm³/mol. The molecule has 20 heavy (non-hydrogen) atoms. The highest BCUT2D eigenvalue weighted by Crippen LogP contribution is 2.17. The van der Waals surface area contributed by atoms with Gasteiger partial charge in [-0.3, -0.25) is 9.59 Å². The van der Waals surface area contributed by atoms with Crippen molar-refractivity contribution in [3.05, 3.63) is 11.1 Å². The number of rotatable bonds is 6. The van der Waals surface area contributed by atoms with Gasteiger partial charge in [-0.05, 0) is 0 Å². The second kappa shape index (κ2) is 8.68. The van der Waals surface area contributed by atoms with Gasteiger partial charge in [0.15, 0.2) is 0 Å². The molecule has 8 nitrogen and oxygen atoms in total. The Bertz CT molecular complexity index is 395. The van der Waals surface area contributed by atoms with Crippen LogP contribution < -0.4 is 0 Å². The zero-order valence-electron chi connectivity index (χ0n) is 11.7. The van der Waals surface area contributed by atoms with Gasteiger partial charge in [0.25, 0.3) is 0 Å². The predicted octanol–water partition coefficient (Wildman–Crippen LogP) is -0.245. The van der Waals surface area contributed by atoms with Crippen LogP contribution in [0.1, 0.15) is 12.8 Å². The maximum atomic E-state index is 11.6. The average Bonchev–Trinajstić information content (AvgIpc) is 2.48. The smallest absolute Gasteiger partial charge is 0.334 e. The molecule has 0 saturated carbocycles. The molecule has 0 bridgehead atoms. The Hall–Kier alpha value is -2.38. The first kappa shape index (κ1) is 17.6. The van der Waals surface area contributed by atoms with E-state index in [1.54, 1.807) is 0 Å². The Morgan fingerprint density at radius 2 is 0.900 bits per heavy atom. The summed E-state index contributed by atoms with van der Waals surface area (Å²) >= 11 is 0. The van der Waals surface area contributed by atoms with E-state index in [4.69, 9.17) is 0 Å². The molecular weight excluding hydrogens is 272 g/mol. The Morgan fingerprint density at radius 3 is 1.10 bits per heavy atom. The first-order valence-electron chi connectivity index (χ1n) is 5.43. The number of hydrogen-bond donors (Lipinski definition) is 0. The van der Waals surface area contributed by atoms with Crippen LogP contribution in [0.4, 0.5) is 0 Å². The van der Waals surface area contributed by atoms with Crippen molar-refractivity contribution in [1.29, 1.82) is 0 Å². The molecule has 0 aliphatic heterocycles. The third kappa shape index (κ3) is 5.09. The fraction of sp³-hybridized carbons (Fsp3) is 0.500. The molecule has 0 aromatic heterocycles. The Kier molecular flexibility index (Phi) is 7.64. The van der Waals surface area contributed by atoms with Crippen molar-refractivity contribution in [3.63, 3.8) is 0 Å². The fourth-order valence-corrected chi connectivity index (χ4v) is 1.28. The van der Waals surface area contributed by atoms with Crippen LogP contribution in [0.3, 0.4) is 0 Å². The highest BCUT2D eigenvalue weighted by atomic mass is 16.5. The zero-order chi connectivity index (χ0) is 15.7. The highest BCUT2D eigenvalue weighted by molar-refractivity contribution is 6.05. The van der Waals surface area contributed by atoms with Crippen molar-refractivity contribution >= 4 is 23.9 Å². The van der Waals surface area contributed by atoms with E-state index in [2.05, 4.69) is 18.9 Å². The van der Waals surface area contributed by atoms with Gasteiger partial charge in [0.05, 0.1) is 52.4 Å². The number of esters is 4. The minimum atomic E-state index is -0.931. The first-order valence-corrected chi connectivity index (χ1v) is 5.43. The molecule has 0 aliphatic rings. The van der Waals surface area contributed by atoms with Gasteiger partial charge >= 0.3 is 23.9 Å². The van der Waals surface area contributed by atoms with E-state index in [1.165, 1.54) is 0 Å². The number of carbonyl (C=O) groups excluding carboxylic acids is 4. The van der Waals surface area contributed by atoms with Crippen molar-refractivity contribution in [2.75, 3.05) is 28.4 Å². The summed E-state index contributed by atoms with van der Waals surface area (Å²) in [6.45, 7) is 0. The number of carbonyl (C=O) groups is 4. The summed E-state index contributed by atoms with van der Waals surface area (Å²) < 4.78 is 17.8. The largest absolute Gasteiger partial charge is 0.469 e. The van der Waals surface area contributed by atoms with E-state index < -0.39 is 36.7 Å². The Labute approximate surface area is 115 Å². The minimum Gasteiger partial charge on any atom is -0.469 e. The fourth-order valence-electron chi connectivity index (χ4n) is 1.28. The van der Waals surface area contributed by atoms with E-state index >= 15 is 0 Å². The third-order valence-corrected chi connectivity index (χ3v) is 2.33. The second-order valence-electron chi connectivity index (χ2n) is 3.45. The van der Waals surface area contributed by atoms with Crippen LogP contribution in [-0.4, -0.2) is 52.3 Å². The van der Waals surface area contributed by atoms with Gasteiger partial charge in [-0.1, -0.05) is 0 Å². The van der Waals surface area contributed by atoms with E-state index in [0.717, 1.165) is 28.4 Å². The molecule has 0 rings (SSSR count). The summed E-state index contributed by atoms with van der Waals surface area (Å²) in [5, 5.41) is 0. The molecule has 112 valence electrons. The van der Waals surface area contributed by atoms with Crippen molar-refractivity contribution in [1.82, 2.24) is 0 Å². The highest BCUT2D eigenvalue weighted by Gasteiger charge is 2.27. The van der Waals surface area contributed by atoms with Crippen LogP contribution in [-0.2, 0) is 38.1 Å². The lowest BCUT2D eigenvalue weighted by molar-refractivity contribution is -0.145. The summed E-state index contributed by atoms with van der Waals surface area (Å²) in [6, 6.07) is 0. The SMILES string of the molecule is COC(=O)C/C(C(=O)OC)=C(\CC(=O)OC)C(=O)OC. The maximum Gasteiger partial charge on any atom is 0.334 e. The summed E-state index contributed by atoms with van der Waals surface area (Å²) in [4.78, 5) is 45.9. The van der Waals surface area contributed by atoms with Crippen LogP contribution in [0.2, 0.25) is 0 Å². The lowest BCUT2D eigenvalue weighted by Crippen LogP contribution is -2.20. The molecule has 0 heterocycles. The molecule has 0 atom stereocenters. The van der Waals surface area contributed by atoms with Gasteiger partial charge in [-0.2, -0.15) is 0 Å². The van der Waals surface area contributed by atoms with Crippen molar-refractivity contribution in [3.8, 4) is 0 Å². The summed E-state index contributed by atoms with van der Waals surface area (Å²) in [5.74, 6) is -3.40. The lowest BCUT2D eigenvalue weighted by Gasteiger charge is -2.11. The van der Waals surface area contributed by atoms with Gasteiger partial charge in [0.1, 0.15) is 0 Å². The Morgan fingerprint density at radius 1 is 0.600 bits per heavy atom. The van der Waals surface area contributed by atoms with Crippen LogP contribution in [0.25, 0.3) is 0 Å². The first-order chi connectivity index (χ1) is 9.40. The molecule has 0 saturated heterocycles. The van der Waals surface area contributed by atoms with E-state index in [-0.39, 0.29) is 11.1 Å². The van der Waals surface area contributed by atoms with Gasteiger partial charge < -0.3 is 18.9 Å². The average molecular weight is 288 g/mol. The van der Waals surface area contributed by atoms with E-state index in [1.807, 2.05) is 0 Å². The Balaban J connectivity index is 5.69. The molecule has 0 aromatic carbocycles. The topological polar surface area (TPSA) is 105 Å².